The molecule has 152 valence electrons. The van der Waals surface area contributed by atoms with E-state index in [0.29, 0.717) is 24.2 Å². The Balaban J connectivity index is 1.42. The number of nitrogens with zero attached hydrogens (tertiary/aromatic N) is 3. The molecule has 2 aromatic carbocycles. The number of sulfonamides is 1. The summed E-state index contributed by atoms with van der Waals surface area (Å²) in [6.45, 7) is 2.13. The lowest BCUT2D eigenvalue weighted by Gasteiger charge is -2.38. The van der Waals surface area contributed by atoms with Crippen molar-refractivity contribution in [2.75, 3.05) is 11.9 Å². The van der Waals surface area contributed by atoms with Crippen LogP contribution in [0, 0.1) is 6.92 Å². The molecule has 1 aliphatic heterocycles. The van der Waals surface area contributed by atoms with Crippen LogP contribution in [0.5, 0.6) is 0 Å². The third kappa shape index (κ3) is 3.03. The van der Waals surface area contributed by atoms with Gasteiger partial charge in [-0.15, -0.1) is 0 Å². The zero-order chi connectivity index (χ0) is 20.9. The van der Waals surface area contributed by atoms with Gasteiger partial charge in [0.2, 0.25) is 15.9 Å². The highest BCUT2D eigenvalue weighted by molar-refractivity contribution is 7.89. The van der Waals surface area contributed by atoms with Gasteiger partial charge in [0, 0.05) is 29.2 Å². The topological polar surface area (TPSA) is 108 Å². The molecule has 0 spiro atoms. The molecule has 2 aromatic heterocycles. The maximum Gasteiger partial charge on any atom is 0.245 e. The third-order valence-corrected chi connectivity index (χ3v) is 7.32. The van der Waals surface area contributed by atoms with Gasteiger partial charge in [-0.25, -0.2) is 8.42 Å². The predicted molar refractivity (Wildman–Crippen MR) is 114 cm³/mol. The zero-order valence-corrected chi connectivity index (χ0v) is 17.0. The number of aromatic amines is 1. The second-order valence-electron chi connectivity index (χ2n) is 7.42. The largest absolute Gasteiger partial charge is 0.325 e. The number of hydrogen-bond donors (Lipinski definition) is 2. The number of pyridine rings is 1. The van der Waals surface area contributed by atoms with Gasteiger partial charge < -0.3 is 5.32 Å². The van der Waals surface area contributed by atoms with Crippen LogP contribution in [-0.4, -0.2) is 46.4 Å². The molecule has 2 N–H and O–H groups in total. The normalized spacial score (nSPS) is 17.2. The van der Waals surface area contributed by atoms with Crippen LogP contribution >= 0.6 is 0 Å². The number of aryl methyl sites for hydroxylation is 1. The molecule has 30 heavy (non-hydrogen) atoms. The number of nitrogens with one attached hydrogen (secondary N) is 2. The average molecular weight is 421 g/mol. The van der Waals surface area contributed by atoms with Crippen molar-refractivity contribution >= 4 is 43.4 Å². The molecule has 5 rings (SSSR count). The first kappa shape index (κ1) is 18.7. The first-order valence-electron chi connectivity index (χ1n) is 9.55. The Morgan fingerprint density at radius 2 is 2.07 bits per heavy atom. The number of aromatic nitrogens is 3. The molecule has 1 aliphatic rings. The predicted octanol–water partition coefficient (Wildman–Crippen LogP) is 2.82. The minimum absolute atomic E-state index is 0.141. The van der Waals surface area contributed by atoms with Crippen LogP contribution in [0.1, 0.15) is 12.0 Å². The standard InChI is InChI=1S/C21H19N5O3S/c1-13-9-15-12-23-25-20(15)19(10-13)30(28,29)26-8-6-18(26)21(27)24-16-5-4-14-3-2-7-22-17(14)11-16/h2-5,7,9-12,18H,6,8H2,1H3,(H,23,25)(H,24,27)/t18-/m0/s1. The SMILES string of the molecule is Cc1cc(S(=O)(=O)N2CC[C@H]2C(=O)Nc2ccc3cccnc3c2)c2[nH]ncc2c1. The van der Waals surface area contributed by atoms with E-state index in [1.54, 1.807) is 30.6 Å². The lowest BCUT2D eigenvalue weighted by atomic mass is 10.1. The summed E-state index contributed by atoms with van der Waals surface area (Å²) >= 11 is 0. The Morgan fingerprint density at radius 3 is 2.87 bits per heavy atom. The van der Waals surface area contributed by atoms with E-state index in [2.05, 4.69) is 20.5 Å². The molecule has 0 unspecified atom stereocenters. The van der Waals surface area contributed by atoms with E-state index in [-0.39, 0.29) is 10.8 Å². The summed E-state index contributed by atoms with van der Waals surface area (Å²) in [7, 11) is -3.85. The fraction of sp³-hybridized carbons (Fsp3) is 0.190. The maximum atomic E-state index is 13.3. The van der Waals surface area contributed by atoms with Crippen LogP contribution in [0.15, 0.2) is 59.8 Å². The van der Waals surface area contributed by atoms with Gasteiger partial charge in [-0.05, 0) is 49.2 Å². The highest BCUT2D eigenvalue weighted by Crippen LogP contribution is 2.32. The number of H-pyrrole nitrogens is 1. The van der Waals surface area contributed by atoms with Crippen LogP contribution in [0.3, 0.4) is 0 Å². The van der Waals surface area contributed by atoms with Crippen molar-refractivity contribution in [3.05, 3.63) is 60.4 Å². The van der Waals surface area contributed by atoms with Crippen molar-refractivity contribution in [2.24, 2.45) is 0 Å². The van der Waals surface area contributed by atoms with E-state index in [9.17, 15) is 13.2 Å². The molecule has 0 saturated carbocycles. The van der Waals surface area contributed by atoms with Gasteiger partial charge in [-0.3, -0.25) is 14.9 Å². The molecule has 1 saturated heterocycles. The number of benzene rings is 2. The van der Waals surface area contributed by atoms with Crippen LogP contribution in [0.25, 0.3) is 21.8 Å². The lowest BCUT2D eigenvalue weighted by Crippen LogP contribution is -2.56. The average Bonchev–Trinajstić information content (AvgIpc) is 3.14. The summed E-state index contributed by atoms with van der Waals surface area (Å²) in [5.41, 5.74) is 2.61. The number of fused-ring (bicyclic) bond motifs is 2. The smallest absolute Gasteiger partial charge is 0.245 e. The first-order valence-corrected chi connectivity index (χ1v) is 11.0. The molecule has 0 bridgehead atoms. The van der Waals surface area contributed by atoms with E-state index in [1.165, 1.54) is 4.31 Å². The molecule has 1 fully saturated rings. The summed E-state index contributed by atoms with van der Waals surface area (Å²) in [5, 5.41) is 11.2. The van der Waals surface area contributed by atoms with Crippen LogP contribution in [0.4, 0.5) is 5.69 Å². The molecule has 1 atom stereocenters. The number of amides is 1. The zero-order valence-electron chi connectivity index (χ0n) is 16.2. The lowest BCUT2D eigenvalue weighted by molar-refractivity contribution is -0.122. The molecule has 3 heterocycles. The number of carbonyl (C=O) groups is 1. The second-order valence-corrected chi connectivity index (χ2v) is 9.28. The van der Waals surface area contributed by atoms with Crippen molar-refractivity contribution in [1.29, 1.82) is 0 Å². The van der Waals surface area contributed by atoms with Crippen molar-refractivity contribution in [2.45, 2.75) is 24.3 Å². The van der Waals surface area contributed by atoms with Crippen molar-refractivity contribution in [1.82, 2.24) is 19.5 Å². The third-order valence-electron chi connectivity index (χ3n) is 5.39. The molecule has 9 heteroatoms. The second kappa shape index (κ2) is 6.89. The molecule has 8 nitrogen and oxygen atoms in total. The van der Waals surface area contributed by atoms with E-state index < -0.39 is 16.1 Å². The van der Waals surface area contributed by atoms with Gasteiger partial charge >= 0.3 is 0 Å². The van der Waals surface area contributed by atoms with Gasteiger partial charge in [-0.1, -0.05) is 12.1 Å². The Morgan fingerprint density at radius 1 is 1.20 bits per heavy atom. The summed E-state index contributed by atoms with van der Waals surface area (Å²) in [6.07, 6.45) is 3.75. The van der Waals surface area contributed by atoms with Gasteiger partial charge in [0.25, 0.3) is 0 Å². The van der Waals surface area contributed by atoms with Gasteiger partial charge in [0.05, 0.1) is 17.2 Å². The number of hydrogen-bond acceptors (Lipinski definition) is 5. The first-order chi connectivity index (χ1) is 14.4. The van der Waals surface area contributed by atoms with Crippen molar-refractivity contribution in [3.8, 4) is 0 Å². The van der Waals surface area contributed by atoms with Gasteiger partial charge in [0.1, 0.15) is 10.9 Å². The molecule has 4 aromatic rings. The molecular weight excluding hydrogens is 402 g/mol. The Kier molecular flexibility index (Phi) is 4.30. The molecule has 0 aliphatic carbocycles. The quantitative estimate of drug-likeness (QED) is 0.527. The highest BCUT2D eigenvalue weighted by Gasteiger charge is 2.43. The minimum atomic E-state index is -3.85. The number of carbonyl (C=O) groups excluding carboxylic acids is 1. The van der Waals surface area contributed by atoms with Crippen molar-refractivity contribution in [3.63, 3.8) is 0 Å². The Hall–Kier alpha value is -3.30. The van der Waals surface area contributed by atoms with E-state index in [0.717, 1.165) is 21.9 Å². The number of anilines is 1. The van der Waals surface area contributed by atoms with Crippen LogP contribution in [-0.2, 0) is 14.8 Å². The number of rotatable bonds is 4. The Labute approximate surface area is 173 Å². The van der Waals surface area contributed by atoms with E-state index >= 15 is 0 Å². The van der Waals surface area contributed by atoms with Crippen molar-refractivity contribution < 1.29 is 13.2 Å². The van der Waals surface area contributed by atoms with E-state index in [4.69, 9.17) is 0 Å². The van der Waals surface area contributed by atoms with Crippen LogP contribution in [0.2, 0.25) is 0 Å². The fourth-order valence-electron chi connectivity index (χ4n) is 3.78. The highest BCUT2D eigenvalue weighted by atomic mass is 32.2. The fourth-order valence-corrected chi connectivity index (χ4v) is 5.67. The van der Waals surface area contributed by atoms with Gasteiger partial charge in [0.15, 0.2) is 0 Å². The molecule has 0 radical (unpaired) electrons. The summed E-state index contributed by atoms with van der Waals surface area (Å²) in [6, 6.07) is 11.9. The Bertz CT molecular complexity index is 1400. The van der Waals surface area contributed by atoms with Crippen LogP contribution < -0.4 is 5.32 Å². The summed E-state index contributed by atoms with van der Waals surface area (Å²) < 4.78 is 27.9. The maximum absolute atomic E-state index is 13.3. The molecular formula is C21H19N5O3S. The minimum Gasteiger partial charge on any atom is -0.325 e. The molecule has 1 amide bonds. The van der Waals surface area contributed by atoms with Gasteiger partial charge in [-0.2, -0.15) is 9.40 Å². The monoisotopic (exact) mass is 421 g/mol. The summed E-state index contributed by atoms with van der Waals surface area (Å²) in [5.74, 6) is -0.353. The summed E-state index contributed by atoms with van der Waals surface area (Å²) in [4.78, 5) is 17.3. The van der Waals surface area contributed by atoms with E-state index in [1.807, 2.05) is 31.2 Å².